The Hall–Kier alpha value is -1.07. The summed E-state index contributed by atoms with van der Waals surface area (Å²) in [5, 5.41) is 3.09. The summed E-state index contributed by atoms with van der Waals surface area (Å²) in [6.07, 6.45) is 1.57. The quantitative estimate of drug-likeness (QED) is 0.897. The standard InChI is InChI=1S/C14H21NO3S/c1-11(12-5-3-6-13(9-12)18-2)15-10-14-7-4-8-19(14,16)17/h3,5-6,9,11,14-15H,4,7-8,10H2,1-2H3. The van der Waals surface area contributed by atoms with Crippen LogP contribution in [0.3, 0.4) is 0 Å². The Morgan fingerprint density at radius 2 is 2.26 bits per heavy atom. The van der Waals surface area contributed by atoms with Crippen molar-refractivity contribution in [2.24, 2.45) is 0 Å². The molecule has 0 bridgehead atoms. The molecule has 19 heavy (non-hydrogen) atoms. The lowest BCUT2D eigenvalue weighted by Crippen LogP contribution is -2.32. The minimum Gasteiger partial charge on any atom is -0.497 e. The fourth-order valence-corrected chi connectivity index (χ4v) is 4.20. The number of sulfone groups is 1. The van der Waals surface area contributed by atoms with Crippen LogP contribution in [0.5, 0.6) is 5.75 Å². The van der Waals surface area contributed by atoms with E-state index in [1.807, 2.05) is 31.2 Å². The fourth-order valence-electron chi connectivity index (χ4n) is 2.42. The van der Waals surface area contributed by atoms with Crippen molar-refractivity contribution in [3.63, 3.8) is 0 Å². The van der Waals surface area contributed by atoms with Gasteiger partial charge in [0.2, 0.25) is 0 Å². The summed E-state index contributed by atoms with van der Waals surface area (Å²) in [7, 11) is -1.22. The molecule has 2 atom stereocenters. The molecule has 4 nitrogen and oxygen atoms in total. The molecule has 1 heterocycles. The van der Waals surface area contributed by atoms with E-state index >= 15 is 0 Å². The molecule has 1 aromatic rings. The Morgan fingerprint density at radius 1 is 1.47 bits per heavy atom. The van der Waals surface area contributed by atoms with Crippen molar-refractivity contribution in [1.82, 2.24) is 5.32 Å². The second kappa shape index (κ2) is 5.92. The molecule has 0 amide bonds. The molecule has 1 N–H and O–H groups in total. The first-order valence-corrected chi connectivity index (χ1v) is 8.33. The van der Waals surface area contributed by atoms with Gasteiger partial charge in [-0.1, -0.05) is 12.1 Å². The van der Waals surface area contributed by atoms with Gasteiger partial charge in [0, 0.05) is 12.6 Å². The summed E-state index contributed by atoms with van der Waals surface area (Å²) in [5.41, 5.74) is 1.11. The Kier molecular flexibility index (Phi) is 4.47. The highest BCUT2D eigenvalue weighted by Crippen LogP contribution is 2.22. The minimum absolute atomic E-state index is 0.117. The average molecular weight is 283 g/mol. The number of hydrogen-bond donors (Lipinski definition) is 1. The third-order valence-corrected chi connectivity index (χ3v) is 5.98. The molecule has 0 aromatic heterocycles. The lowest BCUT2D eigenvalue weighted by Gasteiger charge is -2.17. The first-order valence-electron chi connectivity index (χ1n) is 6.62. The second-order valence-corrected chi connectivity index (χ2v) is 7.44. The molecule has 1 aliphatic heterocycles. The Balaban J connectivity index is 1.95. The Morgan fingerprint density at radius 3 is 2.89 bits per heavy atom. The number of benzene rings is 1. The van der Waals surface area contributed by atoms with E-state index in [0.717, 1.165) is 24.2 Å². The highest BCUT2D eigenvalue weighted by molar-refractivity contribution is 7.92. The summed E-state index contributed by atoms with van der Waals surface area (Å²) in [4.78, 5) is 0. The van der Waals surface area contributed by atoms with Crippen molar-refractivity contribution in [3.05, 3.63) is 29.8 Å². The van der Waals surface area contributed by atoms with Crippen LogP contribution in [0.4, 0.5) is 0 Å². The van der Waals surface area contributed by atoms with E-state index in [2.05, 4.69) is 5.32 Å². The van der Waals surface area contributed by atoms with Crippen molar-refractivity contribution in [1.29, 1.82) is 0 Å². The third kappa shape index (κ3) is 3.48. The molecular formula is C14H21NO3S. The first kappa shape index (κ1) is 14.3. The maximum absolute atomic E-state index is 11.8. The summed E-state index contributed by atoms with van der Waals surface area (Å²) in [5.74, 6) is 1.16. The van der Waals surface area contributed by atoms with Crippen LogP contribution in [0.25, 0.3) is 0 Å². The van der Waals surface area contributed by atoms with Gasteiger partial charge in [-0.15, -0.1) is 0 Å². The predicted octanol–water partition coefficient (Wildman–Crippen LogP) is 1.92. The van der Waals surface area contributed by atoms with Crippen molar-refractivity contribution in [2.45, 2.75) is 31.1 Å². The number of hydrogen-bond acceptors (Lipinski definition) is 4. The van der Waals surface area contributed by atoms with Gasteiger partial charge in [-0.05, 0) is 37.5 Å². The van der Waals surface area contributed by atoms with E-state index < -0.39 is 9.84 Å². The van der Waals surface area contributed by atoms with Gasteiger partial charge in [0.15, 0.2) is 9.84 Å². The van der Waals surface area contributed by atoms with E-state index in [0.29, 0.717) is 12.3 Å². The topological polar surface area (TPSA) is 55.4 Å². The summed E-state index contributed by atoms with van der Waals surface area (Å²) in [6, 6.07) is 7.95. The Bertz CT molecular complexity index is 527. The Labute approximate surface area is 115 Å². The molecule has 106 valence electrons. The van der Waals surface area contributed by atoms with Crippen molar-refractivity contribution in [2.75, 3.05) is 19.4 Å². The fraction of sp³-hybridized carbons (Fsp3) is 0.571. The molecular weight excluding hydrogens is 262 g/mol. The average Bonchev–Trinajstić information content (AvgIpc) is 2.75. The number of nitrogens with one attached hydrogen (secondary N) is 1. The van der Waals surface area contributed by atoms with Gasteiger partial charge >= 0.3 is 0 Å². The number of methoxy groups -OCH3 is 1. The van der Waals surface area contributed by atoms with E-state index in [1.54, 1.807) is 7.11 Å². The van der Waals surface area contributed by atoms with Crippen LogP contribution in [-0.4, -0.2) is 33.1 Å². The van der Waals surface area contributed by atoms with Gasteiger partial charge in [-0.25, -0.2) is 8.42 Å². The van der Waals surface area contributed by atoms with E-state index in [9.17, 15) is 8.42 Å². The van der Waals surface area contributed by atoms with Crippen LogP contribution < -0.4 is 10.1 Å². The molecule has 0 spiro atoms. The van der Waals surface area contributed by atoms with Crippen LogP contribution in [0, 0.1) is 0 Å². The van der Waals surface area contributed by atoms with Crippen LogP contribution in [0.1, 0.15) is 31.4 Å². The van der Waals surface area contributed by atoms with Gasteiger partial charge in [-0.2, -0.15) is 0 Å². The summed E-state index contributed by atoms with van der Waals surface area (Å²) in [6.45, 7) is 2.57. The maximum atomic E-state index is 11.8. The molecule has 1 fully saturated rings. The van der Waals surface area contributed by atoms with E-state index in [-0.39, 0.29) is 11.3 Å². The van der Waals surface area contributed by atoms with Crippen LogP contribution in [-0.2, 0) is 9.84 Å². The van der Waals surface area contributed by atoms with Crippen LogP contribution in [0.2, 0.25) is 0 Å². The van der Waals surface area contributed by atoms with E-state index in [4.69, 9.17) is 4.74 Å². The molecule has 1 aromatic carbocycles. The second-order valence-electron chi connectivity index (χ2n) is 5.04. The normalized spacial score (nSPS) is 23.2. The zero-order chi connectivity index (χ0) is 13.9. The molecule has 5 heteroatoms. The summed E-state index contributed by atoms with van der Waals surface area (Å²) >= 11 is 0. The van der Waals surface area contributed by atoms with E-state index in [1.165, 1.54) is 0 Å². The molecule has 1 saturated heterocycles. The molecule has 0 saturated carbocycles. The maximum Gasteiger partial charge on any atom is 0.154 e. The zero-order valence-corrected chi connectivity index (χ0v) is 12.2. The van der Waals surface area contributed by atoms with Crippen LogP contribution >= 0.6 is 0 Å². The number of ether oxygens (including phenoxy) is 1. The van der Waals surface area contributed by atoms with Crippen molar-refractivity contribution < 1.29 is 13.2 Å². The van der Waals surface area contributed by atoms with Crippen LogP contribution in [0.15, 0.2) is 24.3 Å². The molecule has 0 aliphatic carbocycles. The van der Waals surface area contributed by atoms with Gasteiger partial charge in [0.25, 0.3) is 0 Å². The smallest absolute Gasteiger partial charge is 0.154 e. The number of rotatable bonds is 5. The molecule has 2 rings (SSSR count). The third-order valence-electron chi connectivity index (χ3n) is 3.71. The summed E-state index contributed by atoms with van der Waals surface area (Å²) < 4.78 is 28.7. The van der Waals surface area contributed by atoms with Crippen molar-refractivity contribution in [3.8, 4) is 5.75 Å². The first-order chi connectivity index (χ1) is 9.03. The van der Waals surface area contributed by atoms with Gasteiger partial charge in [0.1, 0.15) is 5.75 Å². The lowest BCUT2D eigenvalue weighted by atomic mass is 10.1. The largest absolute Gasteiger partial charge is 0.497 e. The molecule has 1 aliphatic rings. The highest BCUT2D eigenvalue weighted by atomic mass is 32.2. The monoisotopic (exact) mass is 283 g/mol. The van der Waals surface area contributed by atoms with Gasteiger partial charge in [-0.3, -0.25) is 0 Å². The molecule has 2 unspecified atom stereocenters. The van der Waals surface area contributed by atoms with Gasteiger partial charge < -0.3 is 10.1 Å². The minimum atomic E-state index is -2.86. The van der Waals surface area contributed by atoms with Gasteiger partial charge in [0.05, 0.1) is 18.1 Å². The van der Waals surface area contributed by atoms with Crippen molar-refractivity contribution >= 4 is 9.84 Å². The highest BCUT2D eigenvalue weighted by Gasteiger charge is 2.31. The predicted molar refractivity (Wildman–Crippen MR) is 76.2 cm³/mol. The molecule has 0 radical (unpaired) electrons. The lowest BCUT2D eigenvalue weighted by molar-refractivity contribution is 0.413. The zero-order valence-electron chi connectivity index (χ0n) is 11.4. The SMILES string of the molecule is COc1cccc(C(C)NCC2CCCS2(=O)=O)c1.